The summed E-state index contributed by atoms with van der Waals surface area (Å²) in [5.41, 5.74) is 1.29. The first-order valence-electron chi connectivity index (χ1n) is 7.27. The summed E-state index contributed by atoms with van der Waals surface area (Å²) >= 11 is 0. The van der Waals surface area contributed by atoms with Crippen molar-refractivity contribution in [3.63, 3.8) is 0 Å². The van der Waals surface area contributed by atoms with E-state index in [1.165, 1.54) is 0 Å². The number of nitro benzene ring substituents is 1. The number of anilines is 2. The molecule has 0 saturated heterocycles. The van der Waals surface area contributed by atoms with Crippen molar-refractivity contribution in [2.24, 2.45) is 5.92 Å². The van der Waals surface area contributed by atoms with Crippen LogP contribution in [0.5, 0.6) is 0 Å². The molecule has 2 unspecified atom stereocenters. The predicted molar refractivity (Wildman–Crippen MR) is 84.4 cm³/mol. The number of hydrogen-bond donors (Lipinski definition) is 2. The normalized spacial score (nSPS) is 13.6. The highest BCUT2D eigenvalue weighted by Gasteiger charge is 2.20. The number of rotatable bonds is 8. The van der Waals surface area contributed by atoms with Crippen LogP contribution in [0.3, 0.4) is 0 Å². The molecule has 20 heavy (non-hydrogen) atoms. The van der Waals surface area contributed by atoms with Gasteiger partial charge in [-0.3, -0.25) is 10.1 Å². The summed E-state index contributed by atoms with van der Waals surface area (Å²) in [6.07, 6.45) is 2.12. The third-order valence-electron chi connectivity index (χ3n) is 3.44. The highest BCUT2D eigenvalue weighted by Crippen LogP contribution is 2.33. The molecule has 0 aliphatic carbocycles. The van der Waals surface area contributed by atoms with Crippen molar-refractivity contribution < 1.29 is 4.92 Å². The molecule has 0 spiro atoms. The van der Waals surface area contributed by atoms with Crippen molar-refractivity contribution in [3.8, 4) is 0 Å². The van der Waals surface area contributed by atoms with Crippen LogP contribution in [0.25, 0.3) is 0 Å². The maximum Gasteiger partial charge on any atom is 0.315 e. The molecule has 0 radical (unpaired) electrons. The Kier molecular flexibility index (Phi) is 6.28. The molecule has 0 aliphatic rings. The summed E-state index contributed by atoms with van der Waals surface area (Å²) in [5, 5.41) is 17.6. The molecule has 0 aromatic heterocycles. The third kappa shape index (κ3) is 4.40. The van der Waals surface area contributed by atoms with E-state index in [2.05, 4.69) is 31.4 Å². The summed E-state index contributed by atoms with van der Waals surface area (Å²) in [4.78, 5) is 11.0. The zero-order chi connectivity index (χ0) is 15.1. The van der Waals surface area contributed by atoms with Crippen molar-refractivity contribution in [2.75, 3.05) is 17.2 Å². The summed E-state index contributed by atoms with van der Waals surface area (Å²) in [7, 11) is 0. The van der Waals surface area contributed by atoms with E-state index >= 15 is 0 Å². The van der Waals surface area contributed by atoms with Crippen LogP contribution < -0.4 is 10.6 Å². The fourth-order valence-electron chi connectivity index (χ4n) is 2.28. The largest absolute Gasteiger partial charge is 0.380 e. The lowest BCUT2D eigenvalue weighted by Crippen LogP contribution is -2.19. The molecule has 1 aromatic carbocycles. The molecule has 0 amide bonds. The molecule has 0 heterocycles. The van der Waals surface area contributed by atoms with E-state index in [1.54, 1.807) is 12.1 Å². The van der Waals surface area contributed by atoms with E-state index in [1.807, 2.05) is 13.0 Å². The van der Waals surface area contributed by atoms with Crippen LogP contribution in [0.15, 0.2) is 18.2 Å². The molecule has 2 atom stereocenters. The lowest BCUT2D eigenvalue weighted by molar-refractivity contribution is -0.383. The number of nitrogens with one attached hydrogen (secondary N) is 2. The van der Waals surface area contributed by atoms with Gasteiger partial charge in [-0.05, 0) is 38.3 Å². The summed E-state index contributed by atoms with van der Waals surface area (Å²) in [6.45, 7) is 9.01. The van der Waals surface area contributed by atoms with Crippen molar-refractivity contribution in [3.05, 3.63) is 28.3 Å². The Morgan fingerprint density at radius 1 is 1.25 bits per heavy atom. The Morgan fingerprint density at radius 2 is 1.90 bits per heavy atom. The van der Waals surface area contributed by atoms with E-state index < -0.39 is 0 Å². The Labute approximate surface area is 120 Å². The average Bonchev–Trinajstić information content (AvgIpc) is 2.38. The minimum atomic E-state index is -0.323. The quantitative estimate of drug-likeness (QED) is 0.551. The van der Waals surface area contributed by atoms with E-state index in [9.17, 15) is 10.1 Å². The molecule has 112 valence electrons. The fraction of sp³-hybridized carbons (Fsp3) is 0.600. The van der Waals surface area contributed by atoms with Gasteiger partial charge in [0, 0.05) is 12.6 Å². The molecule has 0 bridgehead atoms. The van der Waals surface area contributed by atoms with Crippen molar-refractivity contribution >= 4 is 17.1 Å². The second kappa shape index (κ2) is 7.72. The van der Waals surface area contributed by atoms with Crippen LogP contribution in [0.1, 0.15) is 40.5 Å². The number of benzene rings is 1. The number of nitro groups is 1. The molecule has 0 aliphatic heterocycles. The average molecular weight is 279 g/mol. The van der Waals surface area contributed by atoms with Gasteiger partial charge in [-0.1, -0.05) is 26.3 Å². The molecule has 0 fully saturated rings. The van der Waals surface area contributed by atoms with Gasteiger partial charge < -0.3 is 10.6 Å². The number of nitrogens with zero attached hydrogens (tertiary/aromatic N) is 1. The molecule has 0 saturated carbocycles. The van der Waals surface area contributed by atoms with Crippen LogP contribution in [0, 0.1) is 16.0 Å². The van der Waals surface area contributed by atoms with Gasteiger partial charge in [0.2, 0.25) is 0 Å². The van der Waals surface area contributed by atoms with E-state index in [0.717, 1.165) is 12.8 Å². The van der Waals surface area contributed by atoms with Gasteiger partial charge in [0.1, 0.15) is 11.4 Å². The Bertz CT molecular complexity index is 449. The molecular weight excluding hydrogens is 254 g/mol. The van der Waals surface area contributed by atoms with Crippen LogP contribution in [-0.4, -0.2) is 17.5 Å². The molecular formula is C15H25N3O2. The maximum absolute atomic E-state index is 11.3. The summed E-state index contributed by atoms with van der Waals surface area (Å²) < 4.78 is 0. The highest BCUT2D eigenvalue weighted by atomic mass is 16.6. The summed E-state index contributed by atoms with van der Waals surface area (Å²) in [6, 6.07) is 5.56. The van der Waals surface area contributed by atoms with Gasteiger partial charge in [-0.2, -0.15) is 0 Å². The van der Waals surface area contributed by atoms with Gasteiger partial charge in [0.05, 0.1) is 4.92 Å². The van der Waals surface area contributed by atoms with Crippen LogP contribution >= 0.6 is 0 Å². The van der Waals surface area contributed by atoms with Crippen LogP contribution in [-0.2, 0) is 0 Å². The van der Waals surface area contributed by atoms with Crippen molar-refractivity contribution in [1.29, 1.82) is 0 Å². The lowest BCUT2D eigenvalue weighted by Gasteiger charge is -2.19. The Morgan fingerprint density at radius 3 is 2.45 bits per heavy atom. The fourth-order valence-corrected chi connectivity index (χ4v) is 2.28. The SMILES string of the molecule is CCNc1cccc(NC(C)CC(C)CC)c1[N+](=O)[O-]. The predicted octanol–water partition coefficient (Wildman–Crippen LogP) is 4.26. The smallest absolute Gasteiger partial charge is 0.315 e. The molecule has 2 N–H and O–H groups in total. The monoisotopic (exact) mass is 279 g/mol. The minimum absolute atomic E-state index is 0.130. The highest BCUT2D eigenvalue weighted by molar-refractivity contribution is 5.76. The van der Waals surface area contributed by atoms with Crippen molar-refractivity contribution in [1.82, 2.24) is 0 Å². The minimum Gasteiger partial charge on any atom is -0.380 e. The van der Waals surface area contributed by atoms with E-state index in [4.69, 9.17) is 0 Å². The van der Waals surface area contributed by atoms with Crippen LogP contribution in [0.2, 0.25) is 0 Å². The van der Waals surface area contributed by atoms with Gasteiger partial charge in [-0.15, -0.1) is 0 Å². The van der Waals surface area contributed by atoms with Gasteiger partial charge in [0.25, 0.3) is 0 Å². The Hall–Kier alpha value is -1.78. The molecule has 5 heteroatoms. The van der Waals surface area contributed by atoms with E-state index in [0.29, 0.717) is 23.8 Å². The zero-order valence-electron chi connectivity index (χ0n) is 12.8. The first-order valence-corrected chi connectivity index (χ1v) is 7.27. The Balaban J connectivity index is 2.93. The second-order valence-electron chi connectivity index (χ2n) is 5.28. The van der Waals surface area contributed by atoms with Gasteiger partial charge in [-0.25, -0.2) is 0 Å². The van der Waals surface area contributed by atoms with Crippen LogP contribution in [0.4, 0.5) is 17.1 Å². The van der Waals surface area contributed by atoms with Gasteiger partial charge in [0.15, 0.2) is 0 Å². The number of hydrogen-bond acceptors (Lipinski definition) is 4. The van der Waals surface area contributed by atoms with Crippen molar-refractivity contribution in [2.45, 2.75) is 46.6 Å². The standard InChI is InChI=1S/C15H25N3O2/c1-5-11(3)10-12(4)17-14-9-7-8-13(16-6-2)15(14)18(19)20/h7-9,11-12,16-17H,5-6,10H2,1-4H3. The second-order valence-corrected chi connectivity index (χ2v) is 5.28. The summed E-state index contributed by atoms with van der Waals surface area (Å²) in [5.74, 6) is 0.605. The maximum atomic E-state index is 11.3. The molecule has 1 aromatic rings. The topological polar surface area (TPSA) is 67.2 Å². The lowest BCUT2D eigenvalue weighted by atomic mass is 10.00. The number of para-hydroxylation sites is 1. The van der Waals surface area contributed by atoms with E-state index in [-0.39, 0.29) is 16.7 Å². The first kappa shape index (κ1) is 16.3. The molecule has 1 rings (SSSR count). The van der Waals surface area contributed by atoms with Gasteiger partial charge >= 0.3 is 5.69 Å². The molecule has 5 nitrogen and oxygen atoms in total. The zero-order valence-corrected chi connectivity index (χ0v) is 12.8. The third-order valence-corrected chi connectivity index (χ3v) is 3.44. The first-order chi connectivity index (χ1) is 9.49.